The van der Waals surface area contributed by atoms with Crippen molar-refractivity contribution in [1.82, 2.24) is 9.97 Å². The van der Waals surface area contributed by atoms with Crippen LogP contribution < -0.4 is 9.64 Å². The molecule has 3 rings (SSSR count). The molecule has 8 heteroatoms. The third-order valence-electron chi connectivity index (χ3n) is 3.91. The van der Waals surface area contributed by atoms with Crippen LogP contribution in [0.5, 0.6) is 5.75 Å². The average molecular weight is 402 g/mol. The molecule has 6 nitrogen and oxygen atoms in total. The molecule has 3 aromatic rings. The molecular weight excluding hydrogens is 382 g/mol. The second-order valence-electron chi connectivity index (χ2n) is 5.88. The molecule has 1 aromatic carbocycles. The first-order chi connectivity index (χ1) is 13.0. The molecule has 0 bridgehead atoms. The Morgan fingerprint density at radius 3 is 2.78 bits per heavy atom. The van der Waals surface area contributed by atoms with E-state index in [0.717, 1.165) is 33.1 Å². The van der Waals surface area contributed by atoms with E-state index in [4.69, 9.17) is 4.74 Å². The van der Waals surface area contributed by atoms with Gasteiger partial charge in [0.05, 0.1) is 24.1 Å². The van der Waals surface area contributed by atoms with Crippen LogP contribution in [0.3, 0.4) is 0 Å². The highest BCUT2D eigenvalue weighted by molar-refractivity contribution is 8.14. The lowest BCUT2D eigenvalue weighted by molar-refractivity contribution is -0.116. The Balaban J connectivity index is 2.01. The van der Waals surface area contributed by atoms with Crippen LogP contribution >= 0.6 is 23.1 Å². The van der Waals surface area contributed by atoms with Crippen LogP contribution in [-0.4, -0.2) is 33.9 Å². The van der Waals surface area contributed by atoms with Crippen molar-refractivity contribution in [2.24, 2.45) is 0 Å². The Morgan fingerprint density at radius 1 is 1.30 bits per heavy atom. The van der Waals surface area contributed by atoms with Crippen molar-refractivity contribution >= 4 is 49.5 Å². The van der Waals surface area contributed by atoms with Crippen molar-refractivity contribution in [3.63, 3.8) is 0 Å². The van der Waals surface area contributed by atoms with E-state index in [-0.39, 0.29) is 16.8 Å². The zero-order valence-electron chi connectivity index (χ0n) is 15.3. The third-order valence-corrected chi connectivity index (χ3v) is 5.92. The van der Waals surface area contributed by atoms with E-state index in [1.807, 2.05) is 31.2 Å². The number of amides is 1. The first-order valence-electron chi connectivity index (χ1n) is 8.26. The number of hydrogen-bond acceptors (Lipinski definition) is 7. The molecule has 0 aliphatic carbocycles. The zero-order chi connectivity index (χ0) is 19.4. The molecule has 0 saturated carbocycles. The molecular formula is C19H19N3O3S2. The normalized spacial score (nSPS) is 10.8. The number of carbonyl (C=O) groups excluding carboxylic acids is 2. The van der Waals surface area contributed by atoms with Crippen LogP contribution in [0.25, 0.3) is 10.2 Å². The molecule has 2 aromatic heterocycles. The molecule has 1 amide bonds. The number of nitrogens with zero attached hydrogens (tertiary/aromatic N) is 3. The molecule has 0 fully saturated rings. The summed E-state index contributed by atoms with van der Waals surface area (Å²) in [6.07, 6.45) is 3.41. The van der Waals surface area contributed by atoms with Gasteiger partial charge >= 0.3 is 0 Å². The molecule has 0 aliphatic heterocycles. The van der Waals surface area contributed by atoms with E-state index in [1.54, 1.807) is 24.4 Å². The van der Waals surface area contributed by atoms with Gasteiger partial charge in [-0.3, -0.25) is 19.5 Å². The molecule has 0 spiro atoms. The van der Waals surface area contributed by atoms with Crippen LogP contribution in [0.15, 0.2) is 36.7 Å². The summed E-state index contributed by atoms with van der Waals surface area (Å²) in [7, 11) is 1.60. The number of pyridine rings is 1. The Hall–Kier alpha value is -2.45. The summed E-state index contributed by atoms with van der Waals surface area (Å²) >= 11 is 2.44. The maximum atomic E-state index is 12.8. The molecule has 27 heavy (non-hydrogen) atoms. The SMILES string of the molecule is COc1ccc(C)c2sc(N(Cc3cccnc3)C(=O)CSC(C)=O)nc12. The van der Waals surface area contributed by atoms with Crippen molar-refractivity contribution in [3.05, 3.63) is 47.8 Å². The number of rotatable bonds is 6. The minimum Gasteiger partial charge on any atom is -0.494 e. The molecule has 140 valence electrons. The number of anilines is 1. The van der Waals surface area contributed by atoms with Crippen LogP contribution in [0.2, 0.25) is 0 Å². The second-order valence-corrected chi connectivity index (χ2v) is 8.01. The van der Waals surface area contributed by atoms with Gasteiger partial charge in [0.2, 0.25) is 5.91 Å². The van der Waals surface area contributed by atoms with Gasteiger partial charge in [0.15, 0.2) is 10.2 Å². The lowest BCUT2D eigenvalue weighted by atomic mass is 10.2. The van der Waals surface area contributed by atoms with Gasteiger partial charge in [-0.15, -0.1) is 0 Å². The number of hydrogen-bond donors (Lipinski definition) is 0. The van der Waals surface area contributed by atoms with Gasteiger partial charge in [-0.1, -0.05) is 35.2 Å². The van der Waals surface area contributed by atoms with E-state index >= 15 is 0 Å². The van der Waals surface area contributed by atoms with E-state index in [9.17, 15) is 9.59 Å². The van der Waals surface area contributed by atoms with Crippen molar-refractivity contribution in [3.8, 4) is 5.75 Å². The van der Waals surface area contributed by atoms with Gasteiger partial charge in [0.25, 0.3) is 0 Å². The van der Waals surface area contributed by atoms with Crippen LogP contribution in [0.4, 0.5) is 5.13 Å². The van der Waals surface area contributed by atoms with E-state index in [1.165, 1.54) is 18.3 Å². The van der Waals surface area contributed by atoms with E-state index in [2.05, 4.69) is 9.97 Å². The fourth-order valence-corrected chi connectivity index (χ4v) is 4.11. The van der Waals surface area contributed by atoms with Gasteiger partial charge in [0.1, 0.15) is 11.3 Å². The van der Waals surface area contributed by atoms with Crippen LogP contribution in [0.1, 0.15) is 18.1 Å². The summed E-state index contributed by atoms with van der Waals surface area (Å²) in [5, 5.41) is 0.488. The first-order valence-corrected chi connectivity index (χ1v) is 10.1. The fraction of sp³-hybridized carbons (Fsp3) is 0.263. The number of ether oxygens (including phenoxy) is 1. The molecule has 0 atom stereocenters. The number of thioether (sulfide) groups is 1. The molecule has 2 heterocycles. The van der Waals surface area contributed by atoms with Crippen molar-refractivity contribution in [2.75, 3.05) is 17.8 Å². The third kappa shape index (κ3) is 4.45. The Morgan fingerprint density at radius 2 is 2.11 bits per heavy atom. The summed E-state index contributed by atoms with van der Waals surface area (Å²) in [6, 6.07) is 7.58. The predicted octanol–water partition coefficient (Wildman–Crippen LogP) is 3.82. The molecule has 0 aliphatic rings. The van der Waals surface area contributed by atoms with Crippen molar-refractivity contribution in [1.29, 1.82) is 0 Å². The Bertz CT molecular complexity index is 973. The maximum absolute atomic E-state index is 12.8. The predicted molar refractivity (Wildman–Crippen MR) is 109 cm³/mol. The smallest absolute Gasteiger partial charge is 0.239 e. The molecule has 0 unspecified atom stereocenters. The van der Waals surface area contributed by atoms with Crippen LogP contribution in [-0.2, 0) is 16.1 Å². The Kier molecular flexibility index (Phi) is 6.08. The largest absolute Gasteiger partial charge is 0.494 e. The lowest BCUT2D eigenvalue weighted by Gasteiger charge is -2.19. The topological polar surface area (TPSA) is 72.4 Å². The zero-order valence-corrected chi connectivity index (χ0v) is 16.9. The number of benzene rings is 1. The maximum Gasteiger partial charge on any atom is 0.239 e. The van der Waals surface area contributed by atoms with Crippen molar-refractivity contribution in [2.45, 2.75) is 20.4 Å². The van der Waals surface area contributed by atoms with E-state index < -0.39 is 0 Å². The summed E-state index contributed by atoms with van der Waals surface area (Å²) in [6.45, 7) is 3.80. The molecule has 0 radical (unpaired) electrons. The highest BCUT2D eigenvalue weighted by Gasteiger charge is 2.22. The highest BCUT2D eigenvalue weighted by atomic mass is 32.2. The number of aromatic nitrogens is 2. The summed E-state index contributed by atoms with van der Waals surface area (Å²) in [5.74, 6) is 0.571. The van der Waals surface area contributed by atoms with Gasteiger partial charge in [-0.2, -0.15) is 0 Å². The lowest BCUT2D eigenvalue weighted by Crippen LogP contribution is -2.32. The number of fused-ring (bicyclic) bond motifs is 1. The number of carbonyl (C=O) groups is 2. The van der Waals surface area contributed by atoms with Crippen molar-refractivity contribution < 1.29 is 14.3 Å². The first kappa shape index (κ1) is 19.3. The van der Waals surface area contributed by atoms with Gasteiger partial charge in [0, 0.05) is 19.3 Å². The van der Waals surface area contributed by atoms with Gasteiger partial charge in [-0.25, -0.2) is 4.98 Å². The fourth-order valence-electron chi connectivity index (χ4n) is 2.56. The minimum absolute atomic E-state index is 0.0711. The van der Waals surface area contributed by atoms with Gasteiger partial charge < -0.3 is 4.74 Å². The highest BCUT2D eigenvalue weighted by Crippen LogP contribution is 2.37. The number of thiazole rings is 1. The summed E-state index contributed by atoms with van der Waals surface area (Å²) in [5.41, 5.74) is 2.70. The minimum atomic E-state index is -0.172. The standard InChI is InChI=1S/C19H19N3O3S2/c1-12-6-7-15(25-3)17-18(12)27-19(21-17)22(16(24)11-26-13(2)23)10-14-5-4-8-20-9-14/h4-9H,10-11H2,1-3H3. The summed E-state index contributed by atoms with van der Waals surface area (Å²) in [4.78, 5) is 34.5. The quantitative estimate of drug-likeness (QED) is 0.625. The Labute approximate surface area is 165 Å². The number of aryl methyl sites for hydroxylation is 1. The van der Waals surface area contributed by atoms with Crippen LogP contribution in [0, 0.1) is 6.92 Å². The monoisotopic (exact) mass is 401 g/mol. The molecule has 0 saturated heterocycles. The second kappa shape index (κ2) is 8.49. The molecule has 0 N–H and O–H groups in total. The van der Waals surface area contributed by atoms with Gasteiger partial charge in [-0.05, 0) is 30.2 Å². The van der Waals surface area contributed by atoms with E-state index in [0.29, 0.717) is 17.4 Å². The average Bonchev–Trinajstić information content (AvgIpc) is 3.11. The number of methoxy groups -OCH3 is 1. The summed E-state index contributed by atoms with van der Waals surface area (Å²) < 4.78 is 6.39.